The zero-order valence-corrected chi connectivity index (χ0v) is 28.2. The average Bonchev–Trinajstić information content (AvgIpc) is 3.02. The molecule has 0 unspecified atom stereocenters. The predicted molar refractivity (Wildman–Crippen MR) is 188 cm³/mol. The van der Waals surface area contributed by atoms with Gasteiger partial charge in [0.25, 0.3) is 6.47 Å². The fourth-order valence-electron chi connectivity index (χ4n) is 6.19. The third-order valence-corrected chi connectivity index (χ3v) is 8.26. The summed E-state index contributed by atoms with van der Waals surface area (Å²) in [4.78, 5) is 25.6. The Hall–Kier alpha value is -3.74. The Morgan fingerprint density at radius 3 is 2.40 bits per heavy atom. The van der Waals surface area contributed by atoms with E-state index >= 15 is 0 Å². The molecule has 242 valence electrons. The number of carbonyl (C=O) groups is 2. The Balaban J connectivity index is 1.88. The van der Waals surface area contributed by atoms with Gasteiger partial charge in [-0.2, -0.15) is 0 Å². The molecule has 0 atom stereocenters. The molecule has 6 heteroatoms. The number of unbranched alkanes of at least 4 members (excludes halogenated alkanes) is 1. The molecule has 0 fully saturated rings. The summed E-state index contributed by atoms with van der Waals surface area (Å²) in [5, 5.41) is 0. The summed E-state index contributed by atoms with van der Waals surface area (Å²) in [5.41, 5.74) is 13.3. The van der Waals surface area contributed by atoms with Crippen molar-refractivity contribution >= 4 is 23.6 Å². The number of hydrazine groups is 1. The Bertz CT molecular complexity index is 1430. The summed E-state index contributed by atoms with van der Waals surface area (Å²) in [6, 6.07) is 24.1. The topological polar surface area (TPSA) is 84.7 Å². The normalized spacial score (nSPS) is 12.1. The number of nitrogens with zero attached hydrogens (tertiary/aromatic N) is 1. The number of ketones is 1. The smallest absolute Gasteiger partial charge is 0.293 e. The number of hydrogen-bond acceptors (Lipinski definition) is 6. The Morgan fingerprint density at radius 2 is 1.71 bits per heavy atom. The maximum atomic E-state index is 12.4. The second-order valence-electron chi connectivity index (χ2n) is 13.0. The number of Topliss-reactive ketones (excluding diaryl/α,β-unsaturated/α-hetero) is 1. The summed E-state index contributed by atoms with van der Waals surface area (Å²) in [6.45, 7) is 12.4. The van der Waals surface area contributed by atoms with Crippen molar-refractivity contribution < 1.29 is 14.3 Å². The van der Waals surface area contributed by atoms with Gasteiger partial charge < -0.3 is 9.64 Å². The van der Waals surface area contributed by atoms with Crippen molar-refractivity contribution in [2.75, 3.05) is 25.1 Å². The van der Waals surface area contributed by atoms with Gasteiger partial charge in [0.1, 0.15) is 5.78 Å². The maximum absolute atomic E-state index is 12.4. The quantitative estimate of drug-likeness (QED) is 0.0615. The van der Waals surface area contributed by atoms with E-state index in [9.17, 15) is 9.59 Å². The van der Waals surface area contributed by atoms with Crippen LogP contribution in [0.25, 0.3) is 16.8 Å². The van der Waals surface area contributed by atoms with Crippen molar-refractivity contribution in [2.24, 2.45) is 11.3 Å². The van der Waals surface area contributed by atoms with Crippen molar-refractivity contribution in [3.8, 4) is 11.1 Å². The Kier molecular flexibility index (Phi) is 14.0. The van der Waals surface area contributed by atoms with Crippen LogP contribution in [0, 0.1) is 12.3 Å². The number of aryl methyl sites for hydroxylation is 3. The first-order chi connectivity index (χ1) is 21.6. The molecule has 6 nitrogen and oxygen atoms in total. The zero-order valence-electron chi connectivity index (χ0n) is 28.2. The van der Waals surface area contributed by atoms with Crippen LogP contribution in [-0.4, -0.2) is 32.5 Å². The highest BCUT2D eigenvalue weighted by molar-refractivity contribution is 5.83. The molecule has 0 saturated heterocycles. The van der Waals surface area contributed by atoms with Gasteiger partial charge in [-0.25, -0.2) is 0 Å². The van der Waals surface area contributed by atoms with Gasteiger partial charge in [-0.15, -0.1) is 0 Å². The summed E-state index contributed by atoms with van der Waals surface area (Å²) >= 11 is 0. The van der Waals surface area contributed by atoms with Crippen molar-refractivity contribution in [1.29, 1.82) is 0 Å². The number of nitrogens with two attached hydrogens (primary N) is 1. The fraction of sp³-hybridized carbons (Fsp3) is 0.436. The molecule has 45 heavy (non-hydrogen) atoms. The highest BCUT2D eigenvalue weighted by Crippen LogP contribution is 2.36. The summed E-state index contributed by atoms with van der Waals surface area (Å²) in [7, 11) is 2.14. The molecule has 3 rings (SSSR count). The molecule has 0 radical (unpaired) electrons. The number of carbonyl (C=O) groups excluding carboxylic acids is 2. The van der Waals surface area contributed by atoms with E-state index in [2.05, 4.69) is 119 Å². The number of anilines is 1. The first-order valence-corrected chi connectivity index (χ1v) is 16.3. The number of hydrogen-bond donors (Lipinski definition) is 2. The van der Waals surface area contributed by atoms with E-state index in [1.807, 2.05) is 0 Å². The Morgan fingerprint density at radius 1 is 0.978 bits per heavy atom. The molecule has 0 amide bonds. The lowest BCUT2D eigenvalue weighted by Crippen LogP contribution is -2.23. The lowest BCUT2D eigenvalue weighted by Gasteiger charge is -2.31. The standard InChI is InChI=1S/C39H53N3O3/c1-7-12-33-13-8-9-15-37(33)38(30(3)26-39(4,5)27-45-28-43)42(6)35-19-17-32(18-20-35)34-24-29(2)23-31(25-34)16-21-36(44)14-10-11-22-41-40/h8-9,13,15,17-20,23-25,28,41H,7,10-12,14,16,21-22,26-27,40H2,1-6H3/b38-30+. The van der Waals surface area contributed by atoms with Crippen LogP contribution in [0.4, 0.5) is 5.69 Å². The van der Waals surface area contributed by atoms with Gasteiger partial charge in [0.15, 0.2) is 0 Å². The van der Waals surface area contributed by atoms with E-state index in [4.69, 9.17) is 10.6 Å². The van der Waals surface area contributed by atoms with Crippen LogP contribution in [0.2, 0.25) is 0 Å². The first-order valence-electron chi connectivity index (χ1n) is 16.3. The lowest BCUT2D eigenvalue weighted by atomic mass is 9.84. The van der Waals surface area contributed by atoms with Gasteiger partial charge in [-0.3, -0.25) is 20.9 Å². The minimum atomic E-state index is -0.198. The van der Waals surface area contributed by atoms with E-state index in [0.29, 0.717) is 31.7 Å². The van der Waals surface area contributed by atoms with Crippen LogP contribution in [0.15, 0.2) is 72.3 Å². The number of allylic oxidation sites excluding steroid dienone is 1. The molecule has 0 aliphatic heterocycles. The van der Waals surface area contributed by atoms with Gasteiger partial charge >= 0.3 is 0 Å². The van der Waals surface area contributed by atoms with Crippen molar-refractivity contribution in [1.82, 2.24) is 5.43 Å². The Labute approximate surface area is 271 Å². The third-order valence-electron chi connectivity index (χ3n) is 8.26. The van der Waals surface area contributed by atoms with Gasteiger partial charge in [0.05, 0.1) is 6.61 Å². The third kappa shape index (κ3) is 11.0. The molecule has 0 bridgehead atoms. The van der Waals surface area contributed by atoms with Crippen molar-refractivity contribution in [3.63, 3.8) is 0 Å². The van der Waals surface area contributed by atoms with E-state index in [1.54, 1.807) is 0 Å². The van der Waals surface area contributed by atoms with Crippen LogP contribution in [0.5, 0.6) is 0 Å². The fourth-order valence-corrected chi connectivity index (χ4v) is 6.19. The van der Waals surface area contributed by atoms with Crippen molar-refractivity contribution in [3.05, 3.63) is 94.6 Å². The van der Waals surface area contributed by atoms with Crippen LogP contribution in [0.1, 0.15) is 88.5 Å². The largest absolute Gasteiger partial charge is 0.467 e. The highest BCUT2D eigenvalue weighted by Gasteiger charge is 2.24. The van der Waals surface area contributed by atoms with Crippen LogP contribution < -0.4 is 16.2 Å². The number of ether oxygens (including phenoxy) is 1. The van der Waals surface area contributed by atoms with E-state index in [-0.39, 0.29) is 5.41 Å². The summed E-state index contributed by atoms with van der Waals surface area (Å²) in [6.07, 6.45) is 6.58. The van der Waals surface area contributed by atoms with E-state index in [1.165, 1.54) is 33.5 Å². The second-order valence-corrected chi connectivity index (χ2v) is 13.0. The molecule has 0 aromatic heterocycles. The first kappa shape index (κ1) is 35.7. The van der Waals surface area contributed by atoms with Gasteiger partial charge in [0.2, 0.25) is 0 Å². The minimum Gasteiger partial charge on any atom is -0.467 e. The van der Waals surface area contributed by atoms with E-state index in [0.717, 1.165) is 61.9 Å². The number of rotatable bonds is 19. The molecule has 3 aromatic rings. The molecule has 0 aliphatic carbocycles. The second kappa shape index (κ2) is 17.7. The van der Waals surface area contributed by atoms with Crippen LogP contribution in [-0.2, 0) is 27.2 Å². The van der Waals surface area contributed by atoms with E-state index < -0.39 is 0 Å². The monoisotopic (exact) mass is 611 g/mol. The number of nitrogens with one attached hydrogen (secondary N) is 1. The molecule has 3 aromatic carbocycles. The molecular weight excluding hydrogens is 558 g/mol. The molecule has 0 aliphatic rings. The number of benzene rings is 3. The van der Waals surface area contributed by atoms with Crippen LogP contribution >= 0.6 is 0 Å². The maximum Gasteiger partial charge on any atom is 0.293 e. The summed E-state index contributed by atoms with van der Waals surface area (Å²) in [5.74, 6) is 5.63. The van der Waals surface area contributed by atoms with Crippen molar-refractivity contribution in [2.45, 2.75) is 86.0 Å². The van der Waals surface area contributed by atoms with Gasteiger partial charge in [-0.1, -0.05) is 87.4 Å². The SMILES string of the molecule is CCCc1ccccc1/C(=C(/C)CC(C)(C)COC=O)N(C)c1ccc(-c2cc(C)cc(CCC(=O)CCCCNN)c2)cc1. The minimum absolute atomic E-state index is 0.198. The molecule has 0 spiro atoms. The molecule has 0 heterocycles. The predicted octanol–water partition coefficient (Wildman–Crippen LogP) is 8.21. The van der Waals surface area contributed by atoms with Crippen LogP contribution in [0.3, 0.4) is 0 Å². The molecule has 0 saturated carbocycles. The average molecular weight is 612 g/mol. The van der Waals surface area contributed by atoms with Gasteiger partial charge in [-0.05, 0) is 85.9 Å². The summed E-state index contributed by atoms with van der Waals surface area (Å²) < 4.78 is 5.18. The zero-order chi connectivity index (χ0) is 32.8. The molecular formula is C39H53N3O3. The molecule has 3 N–H and O–H groups in total. The lowest BCUT2D eigenvalue weighted by molar-refractivity contribution is -0.131. The highest BCUT2D eigenvalue weighted by atomic mass is 16.5. The van der Waals surface area contributed by atoms with Gasteiger partial charge in [0, 0.05) is 48.8 Å².